The second kappa shape index (κ2) is 9.32. The van der Waals surface area contributed by atoms with Gasteiger partial charge in [-0.3, -0.25) is 4.79 Å². The fraction of sp³-hybridized carbons (Fsp3) is 0.318. The summed E-state index contributed by atoms with van der Waals surface area (Å²) in [7, 11) is 0. The molecule has 1 aliphatic rings. The molecule has 1 fully saturated rings. The Kier molecular flexibility index (Phi) is 6.30. The molecule has 0 unspecified atom stereocenters. The van der Waals surface area contributed by atoms with Gasteiger partial charge in [0, 0.05) is 18.3 Å². The van der Waals surface area contributed by atoms with Gasteiger partial charge in [0.15, 0.2) is 5.82 Å². The van der Waals surface area contributed by atoms with Gasteiger partial charge in [0.25, 0.3) is 0 Å². The third-order valence-electron chi connectivity index (χ3n) is 5.20. The molecule has 3 aromatic rings. The molecule has 1 saturated heterocycles. The number of primary amides is 1. The van der Waals surface area contributed by atoms with Crippen molar-refractivity contribution in [3.8, 4) is 28.7 Å². The Morgan fingerprint density at radius 2 is 2.03 bits per heavy atom. The number of halogens is 1. The molecule has 1 aliphatic heterocycles. The number of anilines is 1. The van der Waals surface area contributed by atoms with Crippen LogP contribution in [-0.4, -0.2) is 45.6 Å². The minimum absolute atomic E-state index is 0.0788. The number of aromatic nitrogens is 4. The Morgan fingerprint density at radius 1 is 1.30 bits per heavy atom. The molecule has 4 rings (SSSR count). The quantitative estimate of drug-likeness (QED) is 0.464. The topological polar surface area (TPSA) is 152 Å². The number of rotatable bonds is 7. The first-order valence-electron chi connectivity index (χ1n) is 10.2. The molecule has 0 saturated carbocycles. The lowest BCUT2D eigenvalue weighted by Gasteiger charge is -2.34. The number of nitriles is 1. The lowest BCUT2D eigenvalue weighted by atomic mass is 9.91. The maximum Gasteiger partial charge on any atom is 0.228 e. The molecule has 0 atom stereocenters. The summed E-state index contributed by atoms with van der Waals surface area (Å²) in [6.07, 6.45) is 1.04. The van der Waals surface area contributed by atoms with Gasteiger partial charge >= 0.3 is 0 Å². The molecule has 0 radical (unpaired) electrons. The summed E-state index contributed by atoms with van der Waals surface area (Å²) in [4.78, 5) is 28.2. The van der Waals surface area contributed by atoms with Crippen LogP contribution in [0.2, 0.25) is 0 Å². The van der Waals surface area contributed by atoms with Crippen molar-refractivity contribution in [2.24, 2.45) is 11.1 Å². The van der Waals surface area contributed by atoms with E-state index in [4.69, 9.17) is 20.5 Å². The van der Waals surface area contributed by atoms with Crippen molar-refractivity contribution >= 4 is 11.9 Å². The van der Waals surface area contributed by atoms with Gasteiger partial charge < -0.3 is 25.5 Å². The van der Waals surface area contributed by atoms with E-state index in [-0.39, 0.29) is 19.0 Å². The highest BCUT2D eigenvalue weighted by Crippen LogP contribution is 2.35. The highest BCUT2D eigenvalue weighted by molar-refractivity contribution is 5.81. The molecule has 2 aromatic heterocycles. The lowest BCUT2D eigenvalue weighted by molar-refractivity contribution is -0.230. The van der Waals surface area contributed by atoms with Gasteiger partial charge in [-0.1, -0.05) is 0 Å². The van der Waals surface area contributed by atoms with Crippen molar-refractivity contribution in [2.75, 3.05) is 25.1 Å². The largest absolute Gasteiger partial charge is 0.369 e. The van der Waals surface area contributed by atoms with Gasteiger partial charge in [-0.2, -0.15) is 5.26 Å². The molecular formula is C22H22FN7O3. The van der Waals surface area contributed by atoms with Crippen LogP contribution < -0.4 is 11.1 Å². The van der Waals surface area contributed by atoms with E-state index in [0.717, 1.165) is 0 Å². The molecule has 11 heteroatoms. The molecule has 3 heterocycles. The first-order chi connectivity index (χ1) is 15.9. The van der Waals surface area contributed by atoms with Crippen molar-refractivity contribution < 1.29 is 18.7 Å². The average Bonchev–Trinajstić information content (AvgIpc) is 3.26. The number of nitrogens with zero attached hydrogens (tertiary/aromatic N) is 4. The molecule has 0 spiro atoms. The van der Waals surface area contributed by atoms with Gasteiger partial charge in [-0.05, 0) is 37.3 Å². The first-order valence-corrected chi connectivity index (χ1v) is 10.2. The number of amides is 1. The second-order valence-electron chi connectivity index (χ2n) is 7.83. The molecule has 4 N–H and O–H groups in total. The van der Waals surface area contributed by atoms with Crippen molar-refractivity contribution in [3.63, 3.8) is 0 Å². The van der Waals surface area contributed by atoms with Crippen LogP contribution in [0.15, 0.2) is 36.5 Å². The zero-order valence-corrected chi connectivity index (χ0v) is 17.8. The number of carbonyl (C=O) groups excluding carboxylic acids is 1. The summed E-state index contributed by atoms with van der Waals surface area (Å²) in [6.45, 7) is 2.23. The van der Waals surface area contributed by atoms with E-state index in [0.29, 0.717) is 47.4 Å². The number of carbonyl (C=O) groups is 1. The summed E-state index contributed by atoms with van der Waals surface area (Å²) < 4.78 is 25.0. The van der Waals surface area contributed by atoms with Crippen molar-refractivity contribution in [2.45, 2.75) is 19.6 Å². The number of hydrogen-bond donors (Lipinski definition) is 3. The Bertz CT molecular complexity index is 1180. The van der Waals surface area contributed by atoms with Crippen LogP contribution in [-0.2, 0) is 14.3 Å². The van der Waals surface area contributed by atoms with Crippen LogP contribution in [0, 0.1) is 22.6 Å². The molecule has 10 nitrogen and oxygen atoms in total. The van der Waals surface area contributed by atoms with E-state index >= 15 is 0 Å². The van der Waals surface area contributed by atoms with E-state index in [2.05, 4.69) is 31.3 Å². The molecule has 33 heavy (non-hydrogen) atoms. The number of ether oxygens (including phenoxy) is 2. The van der Waals surface area contributed by atoms with Crippen LogP contribution >= 0.6 is 0 Å². The van der Waals surface area contributed by atoms with Crippen molar-refractivity contribution in [1.29, 1.82) is 5.26 Å². The number of imidazole rings is 1. The van der Waals surface area contributed by atoms with Gasteiger partial charge in [0.2, 0.25) is 18.1 Å². The number of aromatic amines is 1. The molecule has 1 aromatic carbocycles. The first kappa shape index (κ1) is 22.3. The minimum atomic E-state index is -0.928. The standard InChI is InChI=1S/C22H22FN7O3/c1-22(20(25)31)11-32-19(33-12-22)18-29-16(13-3-5-14(23)6-4-13)17(30-18)15-7-10-27-21(28-15)26-9-2-8-24/h3-7,10,19H,2,9,11-12H2,1H3,(H2,25,31)(H,29,30)(H,26,27,28). The van der Waals surface area contributed by atoms with E-state index in [9.17, 15) is 9.18 Å². The fourth-order valence-corrected chi connectivity index (χ4v) is 3.23. The maximum absolute atomic E-state index is 13.5. The molecule has 1 amide bonds. The van der Waals surface area contributed by atoms with E-state index in [1.54, 1.807) is 31.3 Å². The maximum atomic E-state index is 13.5. The third kappa shape index (κ3) is 4.82. The van der Waals surface area contributed by atoms with Crippen LogP contribution in [0.5, 0.6) is 0 Å². The average molecular weight is 451 g/mol. The Hall–Kier alpha value is -3.88. The highest BCUT2D eigenvalue weighted by atomic mass is 19.1. The number of nitrogens with two attached hydrogens (primary N) is 1. The number of H-pyrrole nitrogens is 1. The van der Waals surface area contributed by atoms with E-state index < -0.39 is 17.6 Å². The number of benzene rings is 1. The lowest BCUT2D eigenvalue weighted by Crippen LogP contribution is -2.46. The highest BCUT2D eigenvalue weighted by Gasteiger charge is 2.39. The van der Waals surface area contributed by atoms with E-state index in [1.807, 2.05) is 0 Å². The molecule has 0 bridgehead atoms. The smallest absolute Gasteiger partial charge is 0.228 e. The summed E-state index contributed by atoms with van der Waals surface area (Å²) in [5.74, 6) is -0.156. The Morgan fingerprint density at radius 3 is 2.70 bits per heavy atom. The molecule has 170 valence electrons. The Labute approximate surface area is 189 Å². The third-order valence-corrected chi connectivity index (χ3v) is 5.20. The summed E-state index contributed by atoms with van der Waals surface area (Å²) in [6, 6.07) is 9.65. The van der Waals surface area contributed by atoms with Crippen LogP contribution in [0.4, 0.5) is 10.3 Å². The summed E-state index contributed by atoms with van der Waals surface area (Å²) >= 11 is 0. The number of nitrogens with one attached hydrogen (secondary N) is 2. The van der Waals surface area contributed by atoms with Crippen molar-refractivity contribution in [3.05, 3.63) is 48.2 Å². The van der Waals surface area contributed by atoms with E-state index in [1.165, 1.54) is 12.1 Å². The van der Waals surface area contributed by atoms with Crippen LogP contribution in [0.3, 0.4) is 0 Å². The van der Waals surface area contributed by atoms with Crippen LogP contribution in [0.25, 0.3) is 22.6 Å². The normalized spacial score (nSPS) is 20.2. The molecular weight excluding hydrogens is 429 g/mol. The zero-order chi connectivity index (χ0) is 23.4. The van der Waals surface area contributed by atoms with Gasteiger partial charge in [0.05, 0.1) is 48.2 Å². The van der Waals surface area contributed by atoms with Crippen LogP contribution in [0.1, 0.15) is 25.5 Å². The van der Waals surface area contributed by atoms with Gasteiger partial charge in [-0.25, -0.2) is 19.3 Å². The predicted octanol–water partition coefficient (Wildman–Crippen LogP) is 2.54. The summed E-state index contributed by atoms with van der Waals surface area (Å²) in [5.41, 5.74) is 6.77. The SMILES string of the molecule is CC1(C(N)=O)COC(c2nc(-c3ccc(F)cc3)c(-c3ccnc(NCCC#N)n3)[nH]2)OC1. The number of hydrogen-bond acceptors (Lipinski definition) is 8. The second-order valence-corrected chi connectivity index (χ2v) is 7.83. The Balaban J connectivity index is 1.68. The monoisotopic (exact) mass is 451 g/mol. The van der Waals surface area contributed by atoms with Gasteiger partial charge in [-0.15, -0.1) is 0 Å². The fourth-order valence-electron chi connectivity index (χ4n) is 3.23. The zero-order valence-electron chi connectivity index (χ0n) is 17.8. The summed E-state index contributed by atoms with van der Waals surface area (Å²) in [5, 5.41) is 11.7. The van der Waals surface area contributed by atoms with Gasteiger partial charge in [0.1, 0.15) is 5.82 Å². The molecule has 0 aliphatic carbocycles. The minimum Gasteiger partial charge on any atom is -0.369 e. The van der Waals surface area contributed by atoms with Crippen molar-refractivity contribution in [1.82, 2.24) is 19.9 Å². The predicted molar refractivity (Wildman–Crippen MR) is 116 cm³/mol.